The molecule has 1 aliphatic heterocycles. The van der Waals surface area contributed by atoms with Crippen LogP contribution in [0.1, 0.15) is 69.3 Å². The molecule has 1 amide bonds. The lowest BCUT2D eigenvalue weighted by Crippen LogP contribution is -2.31. The minimum absolute atomic E-state index is 0.0189. The lowest BCUT2D eigenvalue weighted by molar-refractivity contribution is 0.0736. The quantitative estimate of drug-likeness (QED) is 0.617. The van der Waals surface area contributed by atoms with E-state index >= 15 is 0 Å². The van der Waals surface area contributed by atoms with Gasteiger partial charge >= 0.3 is 0 Å². The van der Waals surface area contributed by atoms with Gasteiger partial charge in [0, 0.05) is 12.2 Å². The Balaban J connectivity index is 1.61. The summed E-state index contributed by atoms with van der Waals surface area (Å²) < 4.78 is 3.99. The predicted octanol–water partition coefficient (Wildman–Crippen LogP) is 4.68. The second kappa shape index (κ2) is 8.41. The molecule has 0 N–H and O–H groups in total. The normalized spacial score (nSPS) is 16.4. The van der Waals surface area contributed by atoms with Crippen LogP contribution >= 0.6 is 11.5 Å². The molecular formula is C23H26N4OS. The first-order valence-electron chi connectivity index (χ1n) is 10.2. The van der Waals surface area contributed by atoms with Gasteiger partial charge < -0.3 is 4.90 Å². The Bertz CT molecular complexity index is 1030. The second-order valence-corrected chi connectivity index (χ2v) is 8.52. The molecule has 1 fully saturated rings. The van der Waals surface area contributed by atoms with Crippen molar-refractivity contribution < 1.29 is 4.79 Å². The summed E-state index contributed by atoms with van der Waals surface area (Å²) in [4.78, 5) is 20.6. The first-order chi connectivity index (χ1) is 14.0. The summed E-state index contributed by atoms with van der Waals surface area (Å²) in [6, 6.07) is 13.0. The van der Waals surface area contributed by atoms with Gasteiger partial charge in [0.05, 0.1) is 17.4 Å². The van der Waals surface area contributed by atoms with Crippen molar-refractivity contribution in [3.8, 4) is 0 Å². The molecule has 29 heavy (non-hydrogen) atoms. The van der Waals surface area contributed by atoms with Gasteiger partial charge in [0.25, 0.3) is 5.91 Å². The molecule has 6 heteroatoms. The van der Waals surface area contributed by atoms with Crippen LogP contribution < -0.4 is 0 Å². The summed E-state index contributed by atoms with van der Waals surface area (Å²) >= 11 is 1.20. The molecule has 3 aromatic rings. The SMILES string of the molecule is CCc1nnsc1C(=O)N1CCCC1c1cc(Cc2cccc(C)c2)cc(C)n1. The van der Waals surface area contributed by atoms with Crippen LogP contribution in [0, 0.1) is 13.8 Å². The van der Waals surface area contributed by atoms with Crippen molar-refractivity contribution >= 4 is 17.4 Å². The second-order valence-electron chi connectivity index (χ2n) is 7.77. The van der Waals surface area contributed by atoms with E-state index in [9.17, 15) is 4.79 Å². The molecule has 2 aromatic heterocycles. The van der Waals surface area contributed by atoms with Crippen LogP contribution in [0.2, 0.25) is 0 Å². The fraction of sp³-hybridized carbons (Fsp3) is 0.391. The number of nitrogens with zero attached hydrogens (tertiary/aromatic N) is 4. The first-order valence-corrected chi connectivity index (χ1v) is 11.0. The molecule has 5 nitrogen and oxygen atoms in total. The molecule has 1 atom stereocenters. The van der Waals surface area contributed by atoms with Gasteiger partial charge in [0.15, 0.2) is 0 Å². The van der Waals surface area contributed by atoms with Crippen molar-refractivity contribution in [2.75, 3.05) is 6.54 Å². The number of pyridine rings is 1. The molecule has 0 aliphatic carbocycles. The third-order valence-electron chi connectivity index (χ3n) is 5.46. The maximum atomic E-state index is 13.2. The zero-order chi connectivity index (χ0) is 20.4. The highest BCUT2D eigenvalue weighted by Gasteiger charge is 2.33. The van der Waals surface area contributed by atoms with Crippen LogP contribution in [-0.4, -0.2) is 31.9 Å². The number of aromatic nitrogens is 3. The van der Waals surface area contributed by atoms with Crippen LogP contribution in [0.5, 0.6) is 0 Å². The minimum Gasteiger partial charge on any atom is -0.329 e. The summed E-state index contributed by atoms with van der Waals surface area (Å²) in [7, 11) is 0. The molecule has 0 bridgehead atoms. The predicted molar refractivity (Wildman–Crippen MR) is 115 cm³/mol. The van der Waals surface area contributed by atoms with Crippen molar-refractivity contribution in [2.24, 2.45) is 0 Å². The summed E-state index contributed by atoms with van der Waals surface area (Å²) in [6.07, 6.45) is 3.53. The highest BCUT2D eigenvalue weighted by Crippen LogP contribution is 2.34. The Labute approximate surface area is 176 Å². The van der Waals surface area contributed by atoms with E-state index in [-0.39, 0.29) is 11.9 Å². The lowest BCUT2D eigenvalue weighted by Gasteiger charge is -2.24. The average Bonchev–Trinajstić information content (AvgIpc) is 3.36. The van der Waals surface area contributed by atoms with Gasteiger partial charge in [0.1, 0.15) is 4.88 Å². The number of hydrogen-bond donors (Lipinski definition) is 0. The van der Waals surface area contributed by atoms with Crippen LogP contribution in [0.4, 0.5) is 0 Å². The number of likely N-dealkylation sites (tertiary alicyclic amines) is 1. The van der Waals surface area contributed by atoms with Crippen molar-refractivity contribution in [3.63, 3.8) is 0 Å². The van der Waals surface area contributed by atoms with Crippen LogP contribution in [0.25, 0.3) is 0 Å². The molecule has 4 rings (SSSR count). The van der Waals surface area contributed by atoms with E-state index in [1.165, 1.54) is 28.2 Å². The Hall–Kier alpha value is -2.60. The summed E-state index contributed by atoms with van der Waals surface area (Å²) in [5.74, 6) is 0.0443. The van der Waals surface area contributed by atoms with Crippen molar-refractivity contribution in [1.29, 1.82) is 0 Å². The molecular weight excluding hydrogens is 380 g/mol. The third kappa shape index (κ3) is 4.22. The smallest absolute Gasteiger partial charge is 0.268 e. The molecule has 0 saturated carbocycles. The molecule has 1 unspecified atom stereocenters. The molecule has 0 spiro atoms. The zero-order valence-electron chi connectivity index (χ0n) is 17.2. The highest BCUT2D eigenvalue weighted by molar-refractivity contribution is 7.08. The number of hydrogen-bond acceptors (Lipinski definition) is 5. The number of aryl methyl sites for hydroxylation is 3. The number of amides is 1. The van der Waals surface area contributed by atoms with Crippen LogP contribution in [0.15, 0.2) is 36.4 Å². The van der Waals surface area contributed by atoms with E-state index in [0.717, 1.165) is 49.3 Å². The van der Waals surface area contributed by atoms with Gasteiger partial charge in [-0.05, 0) is 74.3 Å². The van der Waals surface area contributed by atoms with E-state index in [1.807, 2.05) is 18.7 Å². The van der Waals surface area contributed by atoms with Gasteiger partial charge in [-0.1, -0.05) is 41.2 Å². The maximum Gasteiger partial charge on any atom is 0.268 e. The van der Waals surface area contributed by atoms with Gasteiger partial charge in [-0.15, -0.1) is 5.10 Å². The van der Waals surface area contributed by atoms with Crippen molar-refractivity contribution in [2.45, 2.75) is 52.5 Å². The molecule has 1 aromatic carbocycles. The molecule has 1 aliphatic rings. The molecule has 0 radical (unpaired) electrons. The number of carbonyl (C=O) groups is 1. The maximum absolute atomic E-state index is 13.2. The fourth-order valence-corrected chi connectivity index (χ4v) is 4.86. The number of carbonyl (C=O) groups excluding carboxylic acids is 1. The molecule has 150 valence electrons. The van der Waals surface area contributed by atoms with Crippen molar-refractivity contribution in [1.82, 2.24) is 19.5 Å². The van der Waals surface area contributed by atoms with Crippen LogP contribution in [-0.2, 0) is 12.8 Å². The Morgan fingerprint density at radius 1 is 1.21 bits per heavy atom. The third-order valence-corrected chi connectivity index (χ3v) is 6.22. The van der Waals surface area contributed by atoms with Gasteiger partial charge in [-0.2, -0.15) is 0 Å². The fourth-order valence-electron chi connectivity index (χ4n) is 4.15. The first kappa shape index (κ1) is 19.7. The summed E-state index contributed by atoms with van der Waals surface area (Å²) in [6.45, 7) is 6.92. The Morgan fingerprint density at radius 3 is 2.86 bits per heavy atom. The highest BCUT2D eigenvalue weighted by atomic mass is 32.1. The Kier molecular flexibility index (Phi) is 5.72. The topological polar surface area (TPSA) is 59.0 Å². The number of benzene rings is 1. The van der Waals surface area contributed by atoms with Crippen molar-refractivity contribution in [3.05, 3.63) is 75.0 Å². The molecule has 1 saturated heterocycles. The zero-order valence-corrected chi connectivity index (χ0v) is 18.0. The van der Waals surface area contributed by atoms with E-state index < -0.39 is 0 Å². The van der Waals surface area contributed by atoms with Gasteiger partial charge in [0.2, 0.25) is 0 Å². The summed E-state index contributed by atoms with van der Waals surface area (Å²) in [5, 5.41) is 4.11. The minimum atomic E-state index is 0.0189. The van der Waals surface area contributed by atoms with E-state index in [1.54, 1.807) is 0 Å². The summed E-state index contributed by atoms with van der Waals surface area (Å²) in [5.41, 5.74) is 6.59. The monoisotopic (exact) mass is 406 g/mol. The van der Waals surface area contributed by atoms with E-state index in [4.69, 9.17) is 4.98 Å². The van der Waals surface area contributed by atoms with Crippen LogP contribution in [0.3, 0.4) is 0 Å². The number of rotatable bonds is 5. The average molecular weight is 407 g/mol. The largest absolute Gasteiger partial charge is 0.329 e. The Morgan fingerprint density at radius 2 is 2.07 bits per heavy atom. The van der Waals surface area contributed by atoms with E-state index in [0.29, 0.717) is 4.88 Å². The van der Waals surface area contributed by atoms with E-state index in [2.05, 4.69) is 52.9 Å². The van der Waals surface area contributed by atoms with Gasteiger partial charge in [-0.25, -0.2) is 0 Å². The lowest BCUT2D eigenvalue weighted by atomic mass is 10.0. The van der Waals surface area contributed by atoms with Gasteiger partial charge in [-0.3, -0.25) is 9.78 Å². The molecule has 3 heterocycles. The standard InChI is InChI=1S/C23H26N4OS/c1-4-19-22(29-26-25-19)23(28)27-10-6-9-21(27)20-14-18(12-16(3)24-20)13-17-8-5-7-15(2)11-17/h5,7-8,11-12,14,21H,4,6,9-10,13H2,1-3H3.